The van der Waals surface area contributed by atoms with Crippen molar-refractivity contribution in [2.75, 3.05) is 0 Å². The Hall–Kier alpha value is -1.81. The number of imidazole rings is 1. The Kier molecular flexibility index (Phi) is 4.22. The van der Waals surface area contributed by atoms with E-state index in [1.54, 1.807) is 6.20 Å². The molecule has 1 unspecified atom stereocenters. The maximum atomic E-state index is 11.7. The summed E-state index contributed by atoms with van der Waals surface area (Å²) >= 11 is 6.02. The van der Waals surface area contributed by atoms with Gasteiger partial charge in [-0.1, -0.05) is 30.7 Å². The molecule has 0 aliphatic rings. The minimum Gasteiger partial charge on any atom is -0.342 e. The fraction of sp³-hybridized carbons (Fsp3) is 0.286. The Labute approximate surface area is 117 Å². The summed E-state index contributed by atoms with van der Waals surface area (Å²) in [5.74, 6) is 0.761. The maximum absolute atomic E-state index is 11.7. The molecule has 0 spiro atoms. The standard InChI is InChI=1S/C14H16ClN3O/c1-3-12(19)17-13(14-16-7-8-18(14)2)10-5-4-6-11(15)9-10/h4-9,13H,3H2,1-2H3,(H,17,19). The molecular weight excluding hydrogens is 262 g/mol. The van der Waals surface area contributed by atoms with E-state index in [-0.39, 0.29) is 11.9 Å². The van der Waals surface area contributed by atoms with Crippen molar-refractivity contribution in [2.24, 2.45) is 7.05 Å². The monoisotopic (exact) mass is 277 g/mol. The van der Waals surface area contributed by atoms with Crippen LogP contribution in [0.2, 0.25) is 5.02 Å². The average molecular weight is 278 g/mol. The van der Waals surface area contributed by atoms with Crippen molar-refractivity contribution in [3.8, 4) is 0 Å². The molecule has 1 aromatic heterocycles. The first kappa shape index (κ1) is 13.6. The smallest absolute Gasteiger partial charge is 0.220 e. The lowest BCUT2D eigenvalue weighted by Crippen LogP contribution is -2.30. The molecule has 4 nitrogen and oxygen atoms in total. The van der Waals surface area contributed by atoms with Gasteiger partial charge in [0.2, 0.25) is 5.91 Å². The van der Waals surface area contributed by atoms with E-state index in [1.165, 1.54) is 0 Å². The van der Waals surface area contributed by atoms with Crippen LogP contribution in [-0.2, 0) is 11.8 Å². The molecule has 1 aromatic carbocycles. The number of amides is 1. The molecule has 100 valence electrons. The second-order valence-corrected chi connectivity index (χ2v) is 4.74. The number of benzene rings is 1. The largest absolute Gasteiger partial charge is 0.342 e. The summed E-state index contributed by atoms with van der Waals surface area (Å²) in [7, 11) is 1.90. The summed E-state index contributed by atoms with van der Waals surface area (Å²) in [6.45, 7) is 1.82. The van der Waals surface area contributed by atoms with Gasteiger partial charge in [0.15, 0.2) is 0 Å². The molecular formula is C14H16ClN3O. The highest BCUT2D eigenvalue weighted by molar-refractivity contribution is 6.30. The fourth-order valence-corrected chi connectivity index (χ4v) is 2.10. The maximum Gasteiger partial charge on any atom is 0.220 e. The second kappa shape index (κ2) is 5.89. The summed E-state index contributed by atoms with van der Waals surface area (Å²) in [5, 5.41) is 3.61. The van der Waals surface area contributed by atoms with Gasteiger partial charge in [0.25, 0.3) is 0 Å². The third-order valence-electron chi connectivity index (χ3n) is 2.93. The van der Waals surface area contributed by atoms with E-state index >= 15 is 0 Å². The highest BCUT2D eigenvalue weighted by Gasteiger charge is 2.20. The highest BCUT2D eigenvalue weighted by Crippen LogP contribution is 2.23. The topological polar surface area (TPSA) is 46.9 Å². The van der Waals surface area contributed by atoms with E-state index in [2.05, 4.69) is 10.3 Å². The molecule has 0 aliphatic carbocycles. The van der Waals surface area contributed by atoms with Gasteiger partial charge in [0.1, 0.15) is 11.9 Å². The van der Waals surface area contributed by atoms with Gasteiger partial charge in [-0.25, -0.2) is 4.98 Å². The SMILES string of the molecule is CCC(=O)NC(c1cccc(Cl)c1)c1nccn1C. The lowest BCUT2D eigenvalue weighted by Gasteiger charge is -2.19. The molecule has 1 amide bonds. The zero-order valence-corrected chi connectivity index (χ0v) is 11.7. The van der Waals surface area contributed by atoms with E-state index in [9.17, 15) is 4.79 Å². The van der Waals surface area contributed by atoms with Gasteiger partial charge >= 0.3 is 0 Å². The van der Waals surface area contributed by atoms with Crippen molar-refractivity contribution in [3.63, 3.8) is 0 Å². The van der Waals surface area contributed by atoms with Crippen LogP contribution >= 0.6 is 11.6 Å². The summed E-state index contributed by atoms with van der Waals surface area (Å²) in [5.41, 5.74) is 0.920. The van der Waals surface area contributed by atoms with Crippen LogP contribution in [0.3, 0.4) is 0 Å². The quantitative estimate of drug-likeness (QED) is 0.934. The first-order valence-electron chi connectivity index (χ1n) is 6.14. The van der Waals surface area contributed by atoms with Crippen LogP contribution in [0.4, 0.5) is 0 Å². The number of nitrogens with one attached hydrogen (secondary N) is 1. The van der Waals surface area contributed by atoms with Crippen LogP contribution in [-0.4, -0.2) is 15.5 Å². The van der Waals surface area contributed by atoms with Gasteiger partial charge in [-0.15, -0.1) is 0 Å². The number of aromatic nitrogens is 2. The number of carbonyl (C=O) groups is 1. The van der Waals surface area contributed by atoms with Crippen LogP contribution in [0.25, 0.3) is 0 Å². The minimum absolute atomic E-state index is 0.0204. The molecule has 19 heavy (non-hydrogen) atoms. The Bertz CT molecular complexity index is 580. The van der Waals surface area contributed by atoms with Gasteiger partial charge in [-0.2, -0.15) is 0 Å². The minimum atomic E-state index is -0.286. The van der Waals surface area contributed by atoms with Gasteiger partial charge in [0.05, 0.1) is 0 Å². The lowest BCUT2D eigenvalue weighted by atomic mass is 10.1. The number of aryl methyl sites for hydroxylation is 1. The Morgan fingerprint density at radius 1 is 1.53 bits per heavy atom. The number of rotatable bonds is 4. The van der Waals surface area contributed by atoms with Crippen molar-refractivity contribution < 1.29 is 4.79 Å². The molecule has 1 heterocycles. The van der Waals surface area contributed by atoms with Crippen molar-refractivity contribution >= 4 is 17.5 Å². The first-order valence-corrected chi connectivity index (χ1v) is 6.51. The van der Waals surface area contributed by atoms with Crippen molar-refractivity contribution in [2.45, 2.75) is 19.4 Å². The Balaban J connectivity index is 2.40. The molecule has 1 N–H and O–H groups in total. The van der Waals surface area contributed by atoms with Crippen LogP contribution in [0.1, 0.15) is 30.8 Å². The van der Waals surface area contributed by atoms with Gasteiger partial charge < -0.3 is 9.88 Å². The number of nitrogens with zero attached hydrogens (tertiary/aromatic N) is 2. The van der Waals surface area contributed by atoms with Gasteiger partial charge in [0, 0.05) is 30.9 Å². The zero-order valence-electron chi connectivity index (χ0n) is 10.9. The van der Waals surface area contributed by atoms with Crippen molar-refractivity contribution in [1.29, 1.82) is 0 Å². The second-order valence-electron chi connectivity index (χ2n) is 4.31. The zero-order chi connectivity index (χ0) is 13.8. The fourth-order valence-electron chi connectivity index (χ4n) is 1.90. The molecule has 1 atom stereocenters. The van der Waals surface area contributed by atoms with Crippen molar-refractivity contribution in [1.82, 2.24) is 14.9 Å². The molecule has 5 heteroatoms. The summed E-state index contributed by atoms with van der Waals surface area (Å²) < 4.78 is 1.89. The number of hydrogen-bond acceptors (Lipinski definition) is 2. The predicted octanol–water partition coefficient (Wildman–Crippen LogP) is 2.69. The lowest BCUT2D eigenvalue weighted by molar-refractivity contribution is -0.121. The third kappa shape index (κ3) is 3.15. The van der Waals surface area contributed by atoms with Crippen LogP contribution < -0.4 is 5.32 Å². The third-order valence-corrected chi connectivity index (χ3v) is 3.16. The number of hydrogen-bond donors (Lipinski definition) is 1. The molecule has 0 fully saturated rings. The van der Waals surface area contributed by atoms with Gasteiger partial charge in [-0.05, 0) is 17.7 Å². The van der Waals surface area contributed by atoms with Crippen LogP contribution in [0.15, 0.2) is 36.7 Å². The van der Waals surface area contributed by atoms with Crippen LogP contribution in [0, 0.1) is 0 Å². The van der Waals surface area contributed by atoms with E-state index in [0.29, 0.717) is 11.4 Å². The molecule has 0 radical (unpaired) electrons. The average Bonchev–Trinajstić information content (AvgIpc) is 2.81. The first-order chi connectivity index (χ1) is 9.11. The molecule has 0 aliphatic heterocycles. The van der Waals surface area contributed by atoms with E-state index in [0.717, 1.165) is 11.4 Å². The van der Waals surface area contributed by atoms with E-state index in [4.69, 9.17) is 11.6 Å². The molecule has 2 rings (SSSR count). The molecule has 0 saturated heterocycles. The Morgan fingerprint density at radius 3 is 2.89 bits per heavy atom. The Morgan fingerprint density at radius 2 is 2.32 bits per heavy atom. The van der Waals surface area contributed by atoms with Crippen molar-refractivity contribution in [3.05, 3.63) is 53.1 Å². The highest BCUT2D eigenvalue weighted by atomic mass is 35.5. The summed E-state index contributed by atoms with van der Waals surface area (Å²) in [4.78, 5) is 16.0. The van der Waals surface area contributed by atoms with Crippen LogP contribution in [0.5, 0.6) is 0 Å². The number of carbonyl (C=O) groups excluding carboxylic acids is 1. The normalized spacial score (nSPS) is 12.2. The number of halogens is 1. The molecule has 0 saturated carbocycles. The predicted molar refractivity (Wildman–Crippen MR) is 74.9 cm³/mol. The summed E-state index contributed by atoms with van der Waals surface area (Å²) in [6.07, 6.45) is 4.00. The summed E-state index contributed by atoms with van der Waals surface area (Å²) in [6, 6.07) is 7.16. The molecule has 2 aromatic rings. The van der Waals surface area contributed by atoms with E-state index in [1.807, 2.05) is 49.0 Å². The van der Waals surface area contributed by atoms with Gasteiger partial charge in [-0.3, -0.25) is 4.79 Å². The molecule has 0 bridgehead atoms. The van der Waals surface area contributed by atoms with E-state index < -0.39 is 0 Å².